The first-order valence-corrected chi connectivity index (χ1v) is 6.95. The Bertz CT molecular complexity index is 470. The van der Waals surface area contributed by atoms with E-state index in [0.717, 1.165) is 11.6 Å². The van der Waals surface area contributed by atoms with Crippen LogP contribution < -0.4 is 5.73 Å². The summed E-state index contributed by atoms with van der Waals surface area (Å²) in [5.41, 5.74) is 6.79. The Labute approximate surface area is 111 Å². The standard InChI is InChI=1S/C12H17N5S/c1-10(7-13)18-9-12-14-15-16-17(12)8-11-5-3-2-4-6-11/h2-6,10H,7-9,13H2,1H3. The summed E-state index contributed by atoms with van der Waals surface area (Å²) in [6.45, 7) is 3.49. The van der Waals surface area contributed by atoms with Crippen LogP contribution in [0.25, 0.3) is 0 Å². The van der Waals surface area contributed by atoms with Gasteiger partial charge in [0, 0.05) is 11.8 Å². The molecule has 0 aliphatic rings. The molecule has 0 aliphatic heterocycles. The van der Waals surface area contributed by atoms with E-state index in [4.69, 9.17) is 5.73 Å². The molecule has 0 aliphatic carbocycles. The van der Waals surface area contributed by atoms with Gasteiger partial charge in [0.15, 0.2) is 5.82 Å². The summed E-state index contributed by atoms with van der Waals surface area (Å²) in [7, 11) is 0. The van der Waals surface area contributed by atoms with Crippen LogP contribution in [0.2, 0.25) is 0 Å². The van der Waals surface area contributed by atoms with Gasteiger partial charge in [-0.15, -0.1) is 16.9 Å². The predicted octanol–water partition coefficient (Wildman–Crippen LogP) is 1.30. The lowest BCUT2D eigenvalue weighted by atomic mass is 10.2. The first-order valence-electron chi connectivity index (χ1n) is 5.90. The highest BCUT2D eigenvalue weighted by Gasteiger charge is 2.08. The van der Waals surface area contributed by atoms with Gasteiger partial charge >= 0.3 is 0 Å². The highest BCUT2D eigenvalue weighted by molar-refractivity contribution is 7.99. The van der Waals surface area contributed by atoms with E-state index in [1.54, 1.807) is 11.8 Å². The van der Waals surface area contributed by atoms with Crippen LogP contribution in [-0.2, 0) is 12.3 Å². The molecule has 0 bridgehead atoms. The molecule has 0 amide bonds. The summed E-state index contributed by atoms with van der Waals surface area (Å²) < 4.78 is 1.84. The van der Waals surface area contributed by atoms with Gasteiger partial charge in [0.2, 0.25) is 0 Å². The van der Waals surface area contributed by atoms with Gasteiger partial charge in [-0.1, -0.05) is 37.3 Å². The summed E-state index contributed by atoms with van der Waals surface area (Å²) in [6, 6.07) is 10.2. The Morgan fingerprint density at radius 1 is 1.33 bits per heavy atom. The van der Waals surface area contributed by atoms with Gasteiger partial charge in [0.1, 0.15) is 0 Å². The normalized spacial score (nSPS) is 12.6. The molecule has 0 spiro atoms. The number of rotatable bonds is 6. The fourth-order valence-electron chi connectivity index (χ4n) is 1.49. The average molecular weight is 263 g/mol. The summed E-state index contributed by atoms with van der Waals surface area (Å²) in [4.78, 5) is 0. The Morgan fingerprint density at radius 2 is 2.11 bits per heavy atom. The van der Waals surface area contributed by atoms with Crippen LogP contribution in [0.5, 0.6) is 0 Å². The van der Waals surface area contributed by atoms with Crippen LogP contribution in [0.1, 0.15) is 18.3 Å². The fraction of sp³-hybridized carbons (Fsp3) is 0.417. The van der Waals surface area contributed by atoms with Crippen molar-refractivity contribution in [3.05, 3.63) is 41.7 Å². The van der Waals surface area contributed by atoms with Gasteiger partial charge in [-0.25, -0.2) is 4.68 Å². The number of nitrogens with two attached hydrogens (primary N) is 1. The Balaban J connectivity index is 1.99. The highest BCUT2D eigenvalue weighted by Crippen LogP contribution is 2.15. The van der Waals surface area contributed by atoms with Crippen molar-refractivity contribution in [1.82, 2.24) is 20.2 Å². The van der Waals surface area contributed by atoms with E-state index in [0.29, 0.717) is 18.3 Å². The Kier molecular flexibility index (Phi) is 4.72. The van der Waals surface area contributed by atoms with Crippen molar-refractivity contribution in [2.45, 2.75) is 24.5 Å². The molecule has 18 heavy (non-hydrogen) atoms. The molecule has 0 radical (unpaired) electrons. The van der Waals surface area contributed by atoms with Gasteiger partial charge in [0.25, 0.3) is 0 Å². The second kappa shape index (κ2) is 6.51. The van der Waals surface area contributed by atoms with Crippen LogP contribution in [0, 0.1) is 0 Å². The minimum atomic E-state index is 0.423. The molecule has 2 rings (SSSR count). The number of benzene rings is 1. The summed E-state index contributed by atoms with van der Waals surface area (Å²) in [5.74, 6) is 1.68. The minimum Gasteiger partial charge on any atom is -0.329 e. The third kappa shape index (κ3) is 3.54. The second-order valence-electron chi connectivity index (χ2n) is 4.10. The molecule has 1 aromatic heterocycles. The first kappa shape index (κ1) is 13.0. The predicted molar refractivity (Wildman–Crippen MR) is 73.2 cm³/mol. The molecule has 96 valence electrons. The smallest absolute Gasteiger partial charge is 0.161 e. The number of tetrazole rings is 1. The quantitative estimate of drug-likeness (QED) is 0.850. The highest BCUT2D eigenvalue weighted by atomic mass is 32.2. The van der Waals surface area contributed by atoms with Gasteiger partial charge in [-0.2, -0.15) is 0 Å². The maximum absolute atomic E-state index is 5.59. The summed E-state index contributed by atoms with van der Waals surface area (Å²) in [5, 5.41) is 12.2. The van der Waals surface area contributed by atoms with Crippen LogP contribution in [0.15, 0.2) is 30.3 Å². The number of aromatic nitrogens is 4. The Morgan fingerprint density at radius 3 is 2.83 bits per heavy atom. The van der Waals surface area contributed by atoms with E-state index in [9.17, 15) is 0 Å². The zero-order valence-electron chi connectivity index (χ0n) is 10.4. The van der Waals surface area contributed by atoms with Crippen molar-refractivity contribution in [2.24, 2.45) is 5.73 Å². The van der Waals surface area contributed by atoms with Crippen LogP contribution in [-0.4, -0.2) is 32.0 Å². The van der Waals surface area contributed by atoms with E-state index in [2.05, 4.69) is 34.6 Å². The molecular formula is C12H17N5S. The molecule has 2 aromatic rings. The van der Waals surface area contributed by atoms with Gasteiger partial charge in [-0.3, -0.25) is 0 Å². The lowest BCUT2D eigenvalue weighted by molar-refractivity contribution is 0.631. The van der Waals surface area contributed by atoms with Crippen molar-refractivity contribution >= 4 is 11.8 Å². The van der Waals surface area contributed by atoms with Gasteiger partial charge in [0.05, 0.1) is 12.3 Å². The van der Waals surface area contributed by atoms with Crippen LogP contribution in [0.3, 0.4) is 0 Å². The summed E-state index contributed by atoms with van der Waals surface area (Å²) >= 11 is 1.77. The van der Waals surface area contributed by atoms with Crippen molar-refractivity contribution < 1.29 is 0 Å². The molecular weight excluding hydrogens is 246 g/mol. The summed E-state index contributed by atoms with van der Waals surface area (Å²) in [6.07, 6.45) is 0. The maximum Gasteiger partial charge on any atom is 0.161 e. The zero-order chi connectivity index (χ0) is 12.8. The molecule has 0 fully saturated rings. The van der Waals surface area contributed by atoms with E-state index < -0.39 is 0 Å². The lowest BCUT2D eigenvalue weighted by Gasteiger charge is -2.08. The number of nitrogens with zero attached hydrogens (tertiary/aromatic N) is 4. The van der Waals surface area contributed by atoms with Crippen molar-refractivity contribution in [2.75, 3.05) is 6.54 Å². The second-order valence-corrected chi connectivity index (χ2v) is 5.52. The van der Waals surface area contributed by atoms with Crippen LogP contribution >= 0.6 is 11.8 Å². The van der Waals surface area contributed by atoms with Crippen molar-refractivity contribution in [3.63, 3.8) is 0 Å². The molecule has 2 N–H and O–H groups in total. The third-order valence-corrected chi connectivity index (χ3v) is 3.80. The van der Waals surface area contributed by atoms with E-state index >= 15 is 0 Å². The van der Waals surface area contributed by atoms with Gasteiger partial charge < -0.3 is 5.73 Å². The minimum absolute atomic E-state index is 0.423. The monoisotopic (exact) mass is 263 g/mol. The third-order valence-electron chi connectivity index (χ3n) is 2.61. The molecule has 0 saturated carbocycles. The van der Waals surface area contributed by atoms with E-state index in [1.807, 2.05) is 22.9 Å². The first-order chi connectivity index (χ1) is 8.79. The average Bonchev–Trinajstić information content (AvgIpc) is 2.84. The molecule has 1 atom stereocenters. The molecule has 1 aromatic carbocycles. The Hall–Kier alpha value is -1.40. The number of hydrogen-bond donors (Lipinski definition) is 1. The van der Waals surface area contributed by atoms with E-state index in [1.165, 1.54) is 5.56 Å². The SMILES string of the molecule is CC(CN)SCc1nnnn1Cc1ccccc1. The van der Waals surface area contributed by atoms with Crippen molar-refractivity contribution in [3.8, 4) is 0 Å². The molecule has 0 saturated heterocycles. The largest absolute Gasteiger partial charge is 0.329 e. The van der Waals surface area contributed by atoms with Crippen molar-refractivity contribution in [1.29, 1.82) is 0 Å². The number of hydrogen-bond acceptors (Lipinski definition) is 5. The van der Waals surface area contributed by atoms with Crippen LogP contribution in [0.4, 0.5) is 0 Å². The molecule has 1 heterocycles. The van der Waals surface area contributed by atoms with Gasteiger partial charge in [-0.05, 0) is 16.0 Å². The topological polar surface area (TPSA) is 69.6 Å². The zero-order valence-corrected chi connectivity index (χ0v) is 11.2. The number of thioether (sulfide) groups is 1. The fourth-order valence-corrected chi connectivity index (χ4v) is 2.27. The molecule has 5 nitrogen and oxygen atoms in total. The lowest BCUT2D eigenvalue weighted by Crippen LogP contribution is -2.14. The van der Waals surface area contributed by atoms with E-state index in [-0.39, 0.29) is 0 Å². The molecule has 6 heteroatoms. The molecule has 1 unspecified atom stereocenters. The maximum atomic E-state index is 5.59.